The molecule has 33 heavy (non-hydrogen) atoms. The molecule has 9 heteroatoms. The van der Waals surface area contributed by atoms with E-state index in [0.29, 0.717) is 26.2 Å². The number of nitrogens with one attached hydrogen (secondary N) is 2. The normalized spacial score (nSPS) is 15.3. The molecule has 1 fully saturated rings. The lowest BCUT2D eigenvalue weighted by atomic mass is 10.0. The van der Waals surface area contributed by atoms with Crippen molar-refractivity contribution in [2.45, 2.75) is 11.3 Å². The number of rotatable bonds is 5. The highest BCUT2D eigenvalue weighted by molar-refractivity contribution is 7.89. The summed E-state index contributed by atoms with van der Waals surface area (Å²) in [5.41, 5.74) is 5.79. The topological polar surface area (TPSA) is 98.8 Å². The molecule has 0 atom stereocenters. The number of nitrogens with zero attached hydrogens (tertiary/aromatic N) is 2. The number of benzene rings is 3. The lowest BCUT2D eigenvalue weighted by molar-refractivity contribution is -0.121. The Hall–Kier alpha value is -3.27. The molecular formula is C24H26N4O4S. The molecular weight excluding hydrogens is 440 g/mol. The number of hydrogen-bond donors (Lipinski definition) is 2. The van der Waals surface area contributed by atoms with Crippen LogP contribution in [0.2, 0.25) is 0 Å². The molecule has 0 unspecified atom stereocenters. The first-order valence-electron chi connectivity index (χ1n) is 10.7. The van der Waals surface area contributed by atoms with Crippen molar-refractivity contribution >= 4 is 32.6 Å². The summed E-state index contributed by atoms with van der Waals surface area (Å²) in [5.74, 6) is -0.961. The first-order valence-corrected chi connectivity index (χ1v) is 12.1. The van der Waals surface area contributed by atoms with E-state index in [1.54, 1.807) is 0 Å². The summed E-state index contributed by atoms with van der Waals surface area (Å²) in [6.45, 7) is 2.11. The third-order valence-corrected chi connectivity index (χ3v) is 7.64. The molecule has 1 saturated heterocycles. The lowest BCUT2D eigenvalue weighted by Gasteiger charge is -2.31. The molecule has 1 heterocycles. The minimum atomic E-state index is -3.69. The SMILES string of the molecule is CN1CCN(S(=O)(=O)c2cccc(C(=O)NNC(=O)Cc3cccc4ccccc34)c2)CC1. The number of carbonyl (C=O) groups excluding carboxylic acids is 2. The van der Waals surface area contributed by atoms with E-state index in [0.717, 1.165) is 16.3 Å². The number of hydrogen-bond acceptors (Lipinski definition) is 5. The molecule has 2 N–H and O–H groups in total. The fraction of sp³-hybridized carbons (Fsp3) is 0.250. The maximum absolute atomic E-state index is 13.0. The highest BCUT2D eigenvalue weighted by Gasteiger charge is 2.28. The summed E-state index contributed by atoms with van der Waals surface area (Å²) in [6.07, 6.45) is 0.0967. The Morgan fingerprint density at radius 3 is 2.36 bits per heavy atom. The van der Waals surface area contributed by atoms with Crippen LogP contribution in [0.15, 0.2) is 71.6 Å². The molecule has 0 aromatic heterocycles. The summed E-state index contributed by atoms with van der Waals surface area (Å²) in [5, 5.41) is 2.01. The minimum absolute atomic E-state index is 0.0572. The smallest absolute Gasteiger partial charge is 0.269 e. The highest BCUT2D eigenvalue weighted by atomic mass is 32.2. The van der Waals surface area contributed by atoms with Gasteiger partial charge in [0.1, 0.15) is 0 Å². The van der Waals surface area contributed by atoms with Gasteiger partial charge in [-0.05, 0) is 41.6 Å². The third-order valence-electron chi connectivity index (χ3n) is 5.74. The predicted octanol–water partition coefficient (Wildman–Crippen LogP) is 1.78. The summed E-state index contributed by atoms with van der Waals surface area (Å²) < 4.78 is 27.3. The van der Waals surface area contributed by atoms with E-state index in [1.165, 1.54) is 28.6 Å². The van der Waals surface area contributed by atoms with Gasteiger partial charge in [0.15, 0.2) is 0 Å². The molecule has 0 aliphatic carbocycles. The number of amides is 2. The van der Waals surface area contributed by atoms with Gasteiger partial charge in [0.25, 0.3) is 5.91 Å². The van der Waals surface area contributed by atoms with Gasteiger partial charge < -0.3 is 4.90 Å². The Labute approximate surface area is 193 Å². The van der Waals surface area contributed by atoms with Crippen molar-refractivity contribution in [2.24, 2.45) is 0 Å². The number of piperazine rings is 1. The molecule has 3 aromatic carbocycles. The van der Waals surface area contributed by atoms with Crippen molar-refractivity contribution in [3.8, 4) is 0 Å². The van der Waals surface area contributed by atoms with Crippen LogP contribution in [0, 0.1) is 0 Å². The van der Waals surface area contributed by atoms with Gasteiger partial charge in [-0.25, -0.2) is 8.42 Å². The summed E-state index contributed by atoms with van der Waals surface area (Å²) >= 11 is 0. The van der Waals surface area contributed by atoms with Crippen molar-refractivity contribution in [2.75, 3.05) is 33.2 Å². The predicted molar refractivity (Wildman–Crippen MR) is 126 cm³/mol. The number of sulfonamides is 1. The van der Waals surface area contributed by atoms with Crippen LogP contribution in [0.3, 0.4) is 0 Å². The van der Waals surface area contributed by atoms with Gasteiger partial charge in [0.05, 0.1) is 11.3 Å². The molecule has 3 aromatic rings. The van der Waals surface area contributed by atoms with E-state index in [4.69, 9.17) is 0 Å². The quantitative estimate of drug-likeness (QED) is 0.559. The van der Waals surface area contributed by atoms with Gasteiger partial charge in [0.2, 0.25) is 15.9 Å². The fourth-order valence-electron chi connectivity index (χ4n) is 3.84. The van der Waals surface area contributed by atoms with E-state index in [2.05, 4.69) is 15.8 Å². The number of fused-ring (bicyclic) bond motifs is 1. The average Bonchev–Trinajstić information content (AvgIpc) is 2.83. The van der Waals surface area contributed by atoms with Crippen molar-refractivity contribution < 1.29 is 18.0 Å². The Morgan fingerprint density at radius 1 is 0.879 bits per heavy atom. The fourth-order valence-corrected chi connectivity index (χ4v) is 5.31. The molecule has 0 radical (unpaired) electrons. The molecule has 4 rings (SSSR count). The Kier molecular flexibility index (Phi) is 6.73. The van der Waals surface area contributed by atoms with Crippen molar-refractivity contribution in [3.05, 3.63) is 77.9 Å². The first kappa shape index (κ1) is 22.9. The molecule has 0 spiro atoms. The van der Waals surface area contributed by atoms with Gasteiger partial charge >= 0.3 is 0 Å². The first-order chi connectivity index (χ1) is 15.8. The van der Waals surface area contributed by atoms with Gasteiger partial charge in [-0.2, -0.15) is 4.31 Å². The zero-order valence-corrected chi connectivity index (χ0v) is 19.1. The van der Waals surface area contributed by atoms with Crippen LogP contribution in [-0.2, 0) is 21.2 Å². The lowest BCUT2D eigenvalue weighted by Crippen LogP contribution is -2.47. The van der Waals surface area contributed by atoms with Crippen LogP contribution in [0.5, 0.6) is 0 Å². The van der Waals surface area contributed by atoms with Crippen LogP contribution in [0.1, 0.15) is 15.9 Å². The van der Waals surface area contributed by atoms with Crippen LogP contribution < -0.4 is 10.9 Å². The number of likely N-dealkylation sites (N-methyl/N-ethyl adjacent to an activating group) is 1. The third kappa shape index (κ3) is 5.22. The second-order valence-corrected chi connectivity index (χ2v) is 9.99. The molecule has 1 aliphatic rings. The van der Waals surface area contributed by atoms with Crippen LogP contribution >= 0.6 is 0 Å². The second kappa shape index (κ2) is 9.70. The second-order valence-electron chi connectivity index (χ2n) is 8.05. The minimum Gasteiger partial charge on any atom is -0.304 e. The van der Waals surface area contributed by atoms with E-state index in [1.807, 2.05) is 49.5 Å². The van der Waals surface area contributed by atoms with E-state index < -0.39 is 15.9 Å². The maximum atomic E-state index is 13.0. The Balaban J connectivity index is 1.40. The van der Waals surface area contributed by atoms with Gasteiger partial charge in [-0.1, -0.05) is 48.5 Å². The van der Waals surface area contributed by atoms with Crippen molar-refractivity contribution in [3.63, 3.8) is 0 Å². The van der Waals surface area contributed by atoms with Crippen LogP contribution in [-0.4, -0.2) is 62.7 Å². The number of carbonyl (C=O) groups is 2. The highest BCUT2D eigenvalue weighted by Crippen LogP contribution is 2.20. The molecule has 0 saturated carbocycles. The average molecular weight is 467 g/mol. The monoisotopic (exact) mass is 466 g/mol. The van der Waals surface area contributed by atoms with Gasteiger partial charge in [0, 0.05) is 31.7 Å². The van der Waals surface area contributed by atoms with E-state index in [9.17, 15) is 18.0 Å². The molecule has 0 bridgehead atoms. The molecule has 8 nitrogen and oxygen atoms in total. The zero-order valence-electron chi connectivity index (χ0n) is 18.3. The van der Waals surface area contributed by atoms with E-state index in [-0.39, 0.29) is 22.8 Å². The summed E-state index contributed by atoms with van der Waals surface area (Å²) in [7, 11) is -1.75. The Bertz CT molecular complexity index is 1280. The van der Waals surface area contributed by atoms with E-state index >= 15 is 0 Å². The van der Waals surface area contributed by atoms with Gasteiger partial charge in [-0.3, -0.25) is 20.4 Å². The standard InChI is InChI=1S/C24H26N4O4S/c1-27-12-14-28(15-13-27)33(31,32)21-10-5-9-20(16-21)24(30)26-25-23(29)17-19-8-4-7-18-6-2-3-11-22(18)19/h2-11,16H,12-15,17H2,1H3,(H,25,29)(H,26,30). The molecule has 1 aliphatic heterocycles. The summed E-state index contributed by atoms with van der Waals surface area (Å²) in [4.78, 5) is 27.1. The molecule has 172 valence electrons. The Morgan fingerprint density at radius 2 is 1.58 bits per heavy atom. The largest absolute Gasteiger partial charge is 0.304 e. The van der Waals surface area contributed by atoms with Crippen LogP contribution in [0.25, 0.3) is 10.8 Å². The zero-order chi connectivity index (χ0) is 23.4. The van der Waals surface area contributed by atoms with Crippen LogP contribution in [0.4, 0.5) is 0 Å². The van der Waals surface area contributed by atoms with Crippen molar-refractivity contribution in [1.29, 1.82) is 0 Å². The van der Waals surface area contributed by atoms with Crippen molar-refractivity contribution in [1.82, 2.24) is 20.1 Å². The van der Waals surface area contributed by atoms with Gasteiger partial charge in [-0.15, -0.1) is 0 Å². The maximum Gasteiger partial charge on any atom is 0.269 e. The number of hydrazine groups is 1. The molecule has 2 amide bonds. The summed E-state index contributed by atoms with van der Waals surface area (Å²) in [6, 6.07) is 19.3.